The molecule has 0 aliphatic carbocycles. The zero-order chi connectivity index (χ0) is 12.8. The van der Waals surface area contributed by atoms with Crippen molar-refractivity contribution in [2.45, 2.75) is 19.8 Å². The lowest BCUT2D eigenvalue weighted by Crippen LogP contribution is -2.09. The van der Waals surface area contributed by atoms with Crippen LogP contribution in [0.2, 0.25) is 0 Å². The molecular weight excluding hydrogens is 228 g/mol. The molecule has 0 saturated carbocycles. The first-order valence-electron chi connectivity index (χ1n) is 5.31. The number of hydrogen-bond donors (Lipinski definition) is 1. The zero-order valence-electron chi connectivity index (χ0n) is 9.85. The lowest BCUT2D eigenvalue weighted by Gasteiger charge is -2.09. The molecule has 3 nitrogen and oxygen atoms in total. The van der Waals surface area contributed by atoms with Gasteiger partial charge in [-0.1, -0.05) is 6.07 Å². The molecule has 94 valence electrons. The highest BCUT2D eigenvalue weighted by molar-refractivity contribution is 5.69. The number of carbonyl (C=O) groups excluding carboxylic acids is 1. The number of anilines is 1. The number of carbonyl (C=O) groups is 1. The molecular formula is C12H15F2NO2. The molecule has 1 aromatic rings. The summed E-state index contributed by atoms with van der Waals surface area (Å²) in [5, 5.41) is 2.64. The smallest absolute Gasteiger partial charge is 0.305 e. The summed E-state index contributed by atoms with van der Waals surface area (Å²) in [6, 6.07) is 2.59. The minimum atomic E-state index is -0.633. The van der Waals surface area contributed by atoms with Crippen LogP contribution in [-0.2, 0) is 9.53 Å². The maximum absolute atomic E-state index is 13.5. The van der Waals surface area contributed by atoms with E-state index in [1.807, 2.05) is 0 Å². The number of rotatable bonds is 5. The molecule has 0 radical (unpaired) electrons. The highest BCUT2D eigenvalue weighted by atomic mass is 19.1. The molecule has 0 aliphatic rings. The topological polar surface area (TPSA) is 38.3 Å². The predicted octanol–water partition coefficient (Wildman–Crippen LogP) is 2.64. The van der Waals surface area contributed by atoms with Crippen LogP contribution in [0.3, 0.4) is 0 Å². The molecule has 0 fully saturated rings. The molecule has 0 unspecified atom stereocenters. The fourth-order valence-electron chi connectivity index (χ4n) is 1.37. The molecule has 1 rings (SSSR count). The van der Waals surface area contributed by atoms with E-state index in [0.717, 1.165) is 0 Å². The Kier molecular flexibility index (Phi) is 4.87. The Morgan fingerprint density at radius 2 is 2.12 bits per heavy atom. The first-order valence-corrected chi connectivity index (χ1v) is 5.31. The third-order valence-corrected chi connectivity index (χ3v) is 2.37. The highest BCUT2D eigenvalue weighted by Gasteiger charge is 2.10. The van der Waals surface area contributed by atoms with Gasteiger partial charge in [0.2, 0.25) is 0 Å². The van der Waals surface area contributed by atoms with Crippen molar-refractivity contribution in [1.29, 1.82) is 0 Å². The average molecular weight is 243 g/mol. The molecule has 0 bridgehead atoms. The van der Waals surface area contributed by atoms with Crippen LogP contribution in [0.1, 0.15) is 18.4 Å². The lowest BCUT2D eigenvalue weighted by molar-refractivity contribution is -0.140. The van der Waals surface area contributed by atoms with E-state index < -0.39 is 11.6 Å². The minimum Gasteiger partial charge on any atom is -0.469 e. The second-order valence-electron chi connectivity index (χ2n) is 3.66. The average Bonchev–Trinajstić information content (AvgIpc) is 2.32. The zero-order valence-corrected chi connectivity index (χ0v) is 9.85. The first-order chi connectivity index (χ1) is 8.06. The number of benzene rings is 1. The van der Waals surface area contributed by atoms with Crippen LogP contribution in [0.5, 0.6) is 0 Å². The van der Waals surface area contributed by atoms with Gasteiger partial charge in [-0.25, -0.2) is 8.78 Å². The second-order valence-corrected chi connectivity index (χ2v) is 3.66. The number of halogens is 2. The summed E-state index contributed by atoms with van der Waals surface area (Å²) >= 11 is 0. The van der Waals surface area contributed by atoms with Crippen LogP contribution in [-0.4, -0.2) is 19.6 Å². The lowest BCUT2D eigenvalue weighted by atomic mass is 10.2. The van der Waals surface area contributed by atoms with E-state index in [9.17, 15) is 13.6 Å². The fourth-order valence-corrected chi connectivity index (χ4v) is 1.37. The molecule has 0 amide bonds. The molecule has 0 heterocycles. The van der Waals surface area contributed by atoms with Gasteiger partial charge >= 0.3 is 5.97 Å². The summed E-state index contributed by atoms with van der Waals surface area (Å²) in [5.74, 6) is -1.56. The van der Waals surface area contributed by atoms with Crippen LogP contribution < -0.4 is 5.32 Å². The predicted molar refractivity (Wildman–Crippen MR) is 60.8 cm³/mol. The van der Waals surface area contributed by atoms with Crippen LogP contribution >= 0.6 is 0 Å². The number of hydrogen-bond acceptors (Lipinski definition) is 3. The summed E-state index contributed by atoms with van der Waals surface area (Å²) in [6.45, 7) is 1.88. The Morgan fingerprint density at radius 1 is 1.41 bits per heavy atom. The first kappa shape index (κ1) is 13.4. The third-order valence-electron chi connectivity index (χ3n) is 2.37. The van der Waals surface area contributed by atoms with E-state index in [2.05, 4.69) is 10.1 Å². The molecule has 5 heteroatoms. The van der Waals surface area contributed by atoms with Gasteiger partial charge in [-0.05, 0) is 25.0 Å². The van der Waals surface area contributed by atoms with Crippen molar-refractivity contribution in [2.24, 2.45) is 0 Å². The molecule has 0 spiro atoms. The highest BCUT2D eigenvalue weighted by Crippen LogP contribution is 2.21. The Labute approximate surface area is 98.8 Å². The van der Waals surface area contributed by atoms with Crippen LogP contribution in [0.4, 0.5) is 14.5 Å². The summed E-state index contributed by atoms with van der Waals surface area (Å²) in [6.07, 6.45) is 0.679. The van der Waals surface area contributed by atoms with Gasteiger partial charge in [-0.3, -0.25) is 4.79 Å². The molecule has 0 atom stereocenters. The Hall–Kier alpha value is -1.65. The van der Waals surface area contributed by atoms with E-state index in [1.54, 1.807) is 6.92 Å². The standard InChI is InChI=1S/C12H15F2NO2/c1-8-5-6-9(13)12(11(8)14)15-7-3-4-10(16)17-2/h5-6,15H,3-4,7H2,1-2H3. The Bertz CT molecular complexity index is 408. The minimum absolute atomic E-state index is 0.144. The monoisotopic (exact) mass is 243 g/mol. The van der Waals surface area contributed by atoms with Crippen molar-refractivity contribution in [3.05, 3.63) is 29.3 Å². The molecule has 1 aromatic carbocycles. The maximum Gasteiger partial charge on any atom is 0.305 e. The van der Waals surface area contributed by atoms with E-state index in [-0.39, 0.29) is 18.1 Å². The van der Waals surface area contributed by atoms with Crippen molar-refractivity contribution >= 4 is 11.7 Å². The fraction of sp³-hybridized carbons (Fsp3) is 0.417. The van der Waals surface area contributed by atoms with Crippen molar-refractivity contribution < 1.29 is 18.3 Å². The van der Waals surface area contributed by atoms with Crippen molar-refractivity contribution in [1.82, 2.24) is 0 Å². The van der Waals surface area contributed by atoms with E-state index in [0.29, 0.717) is 18.5 Å². The Morgan fingerprint density at radius 3 is 2.76 bits per heavy atom. The van der Waals surface area contributed by atoms with E-state index in [4.69, 9.17) is 0 Å². The quantitative estimate of drug-likeness (QED) is 0.638. The van der Waals surface area contributed by atoms with Gasteiger partial charge in [0.1, 0.15) is 11.5 Å². The van der Waals surface area contributed by atoms with E-state index in [1.165, 1.54) is 19.2 Å². The summed E-state index contributed by atoms with van der Waals surface area (Å²) in [7, 11) is 1.30. The SMILES string of the molecule is COC(=O)CCCNc1c(F)ccc(C)c1F. The number of methoxy groups -OCH3 is 1. The molecule has 0 aromatic heterocycles. The van der Waals surface area contributed by atoms with Crippen LogP contribution in [0.25, 0.3) is 0 Å². The number of aryl methyl sites for hydroxylation is 1. The van der Waals surface area contributed by atoms with E-state index >= 15 is 0 Å². The van der Waals surface area contributed by atoms with Gasteiger partial charge in [-0.2, -0.15) is 0 Å². The summed E-state index contributed by atoms with van der Waals surface area (Å²) in [5.41, 5.74) is 0.233. The molecule has 17 heavy (non-hydrogen) atoms. The van der Waals surface area contributed by atoms with Gasteiger partial charge in [0.25, 0.3) is 0 Å². The summed E-state index contributed by atoms with van der Waals surface area (Å²) < 4.78 is 31.3. The van der Waals surface area contributed by atoms with Gasteiger partial charge < -0.3 is 10.1 Å². The van der Waals surface area contributed by atoms with Crippen LogP contribution in [0, 0.1) is 18.6 Å². The largest absolute Gasteiger partial charge is 0.469 e. The van der Waals surface area contributed by atoms with Crippen molar-refractivity contribution in [3.63, 3.8) is 0 Å². The van der Waals surface area contributed by atoms with Crippen molar-refractivity contribution in [3.8, 4) is 0 Å². The van der Waals surface area contributed by atoms with Crippen molar-refractivity contribution in [2.75, 3.05) is 19.0 Å². The molecule has 0 aliphatic heterocycles. The number of ether oxygens (including phenoxy) is 1. The summed E-state index contributed by atoms with van der Waals surface area (Å²) in [4.78, 5) is 10.8. The number of nitrogens with one attached hydrogen (secondary N) is 1. The van der Waals surface area contributed by atoms with Gasteiger partial charge in [0.15, 0.2) is 5.82 Å². The van der Waals surface area contributed by atoms with Crippen LogP contribution in [0.15, 0.2) is 12.1 Å². The van der Waals surface area contributed by atoms with Gasteiger partial charge in [0, 0.05) is 13.0 Å². The molecule has 1 N–H and O–H groups in total. The Balaban J connectivity index is 2.52. The molecule has 0 saturated heterocycles. The number of esters is 1. The van der Waals surface area contributed by atoms with Gasteiger partial charge in [-0.15, -0.1) is 0 Å². The second kappa shape index (κ2) is 6.18. The maximum atomic E-state index is 13.5. The third kappa shape index (κ3) is 3.69. The normalized spacial score (nSPS) is 10.1. The van der Waals surface area contributed by atoms with Gasteiger partial charge in [0.05, 0.1) is 7.11 Å².